The predicted octanol–water partition coefficient (Wildman–Crippen LogP) is 3.16. The number of hydrogen-bond donors (Lipinski definition) is 0. The van der Waals surface area contributed by atoms with E-state index in [1.165, 1.54) is 0 Å². The maximum atomic E-state index is 8.91. The second-order valence-corrected chi connectivity index (χ2v) is 5.00. The topological polar surface area (TPSA) is 59.4 Å². The van der Waals surface area contributed by atoms with Gasteiger partial charge in [0.2, 0.25) is 0 Å². The smallest absolute Gasteiger partial charge is 0.163 e. The zero-order valence-electron chi connectivity index (χ0n) is 11.8. The standard InChI is InChI=1S/C15H14ClN5/c1-3-20-15-14(10(2)19-20)18-13(8-16)21(15)12-6-4-11(9-17)5-7-12/h4-7H,3,8H2,1-2H3. The molecule has 0 spiro atoms. The minimum absolute atomic E-state index is 0.317. The van der Waals surface area contributed by atoms with Crippen molar-refractivity contribution in [2.45, 2.75) is 26.3 Å². The summed E-state index contributed by atoms with van der Waals surface area (Å²) >= 11 is 6.05. The maximum Gasteiger partial charge on any atom is 0.163 e. The molecule has 0 saturated carbocycles. The molecule has 21 heavy (non-hydrogen) atoms. The maximum absolute atomic E-state index is 8.91. The van der Waals surface area contributed by atoms with Crippen molar-refractivity contribution in [3.05, 3.63) is 41.3 Å². The van der Waals surface area contributed by atoms with Gasteiger partial charge in [0.1, 0.15) is 11.3 Å². The van der Waals surface area contributed by atoms with E-state index in [0.29, 0.717) is 11.4 Å². The molecule has 106 valence electrons. The number of fused-ring (bicyclic) bond motifs is 1. The Hall–Kier alpha value is -2.32. The molecule has 0 fully saturated rings. The number of halogens is 1. The van der Waals surface area contributed by atoms with Crippen LogP contribution in [0.5, 0.6) is 0 Å². The van der Waals surface area contributed by atoms with Crippen molar-refractivity contribution < 1.29 is 0 Å². The van der Waals surface area contributed by atoms with Crippen LogP contribution in [0.4, 0.5) is 0 Å². The Morgan fingerprint density at radius 1 is 1.29 bits per heavy atom. The van der Waals surface area contributed by atoms with Gasteiger partial charge in [0.25, 0.3) is 0 Å². The van der Waals surface area contributed by atoms with Crippen LogP contribution in [0.2, 0.25) is 0 Å². The minimum Gasteiger partial charge on any atom is -0.280 e. The summed E-state index contributed by atoms with van der Waals surface area (Å²) < 4.78 is 3.93. The third-order valence-corrected chi connectivity index (χ3v) is 3.69. The van der Waals surface area contributed by atoms with E-state index in [1.807, 2.05) is 35.2 Å². The molecule has 3 rings (SSSR count). The third-order valence-electron chi connectivity index (χ3n) is 3.45. The van der Waals surface area contributed by atoms with Crippen molar-refractivity contribution in [1.29, 1.82) is 5.26 Å². The van der Waals surface area contributed by atoms with E-state index in [2.05, 4.69) is 16.2 Å². The number of imidazole rings is 1. The SMILES string of the molecule is CCn1nc(C)c2nc(CCl)n(-c3ccc(C#N)cc3)c21. The summed E-state index contributed by atoms with van der Waals surface area (Å²) in [5.41, 5.74) is 4.27. The largest absolute Gasteiger partial charge is 0.280 e. The first kappa shape index (κ1) is 13.7. The van der Waals surface area contributed by atoms with Crippen LogP contribution in [-0.2, 0) is 12.4 Å². The molecule has 0 N–H and O–H groups in total. The van der Waals surface area contributed by atoms with Gasteiger partial charge in [-0.3, -0.25) is 4.57 Å². The fourth-order valence-corrected chi connectivity index (χ4v) is 2.66. The normalized spacial score (nSPS) is 11.0. The van der Waals surface area contributed by atoms with Crippen molar-refractivity contribution in [2.24, 2.45) is 0 Å². The number of nitrogens with zero attached hydrogens (tertiary/aromatic N) is 5. The van der Waals surface area contributed by atoms with Crippen LogP contribution in [0.25, 0.3) is 16.9 Å². The number of benzene rings is 1. The van der Waals surface area contributed by atoms with Gasteiger partial charge in [-0.05, 0) is 38.1 Å². The summed E-state index contributed by atoms with van der Waals surface area (Å²) in [6.45, 7) is 4.75. The first-order chi connectivity index (χ1) is 10.2. The highest BCUT2D eigenvalue weighted by Crippen LogP contribution is 2.25. The van der Waals surface area contributed by atoms with Gasteiger partial charge in [-0.1, -0.05) is 0 Å². The number of nitriles is 1. The lowest BCUT2D eigenvalue weighted by molar-refractivity contribution is 0.660. The van der Waals surface area contributed by atoms with E-state index in [4.69, 9.17) is 16.9 Å². The van der Waals surface area contributed by atoms with E-state index in [-0.39, 0.29) is 0 Å². The zero-order valence-corrected chi connectivity index (χ0v) is 12.6. The van der Waals surface area contributed by atoms with Gasteiger partial charge in [0, 0.05) is 12.2 Å². The quantitative estimate of drug-likeness (QED) is 0.698. The number of rotatable bonds is 3. The van der Waals surface area contributed by atoms with Crippen LogP contribution in [0, 0.1) is 18.3 Å². The second-order valence-electron chi connectivity index (χ2n) is 4.73. The van der Waals surface area contributed by atoms with Gasteiger partial charge >= 0.3 is 0 Å². The van der Waals surface area contributed by atoms with Crippen LogP contribution in [0.15, 0.2) is 24.3 Å². The molecular weight excluding hydrogens is 286 g/mol. The van der Waals surface area contributed by atoms with Crippen molar-refractivity contribution in [3.8, 4) is 11.8 Å². The Kier molecular flexibility index (Phi) is 3.40. The second kappa shape index (κ2) is 5.23. The molecule has 2 heterocycles. The van der Waals surface area contributed by atoms with Crippen LogP contribution < -0.4 is 0 Å². The van der Waals surface area contributed by atoms with E-state index >= 15 is 0 Å². The Morgan fingerprint density at radius 2 is 2.00 bits per heavy atom. The van der Waals surface area contributed by atoms with E-state index in [9.17, 15) is 0 Å². The zero-order chi connectivity index (χ0) is 15.0. The monoisotopic (exact) mass is 299 g/mol. The first-order valence-electron chi connectivity index (χ1n) is 6.70. The van der Waals surface area contributed by atoms with Crippen LogP contribution in [0.3, 0.4) is 0 Å². The molecule has 0 amide bonds. The Labute approximate surface area is 127 Å². The van der Waals surface area contributed by atoms with E-state index in [0.717, 1.165) is 34.9 Å². The number of hydrogen-bond acceptors (Lipinski definition) is 3. The van der Waals surface area contributed by atoms with Gasteiger partial charge in [0.15, 0.2) is 5.65 Å². The lowest BCUT2D eigenvalue weighted by Gasteiger charge is -2.09. The first-order valence-corrected chi connectivity index (χ1v) is 7.24. The predicted molar refractivity (Wildman–Crippen MR) is 81.5 cm³/mol. The van der Waals surface area contributed by atoms with Gasteiger partial charge < -0.3 is 0 Å². The van der Waals surface area contributed by atoms with Gasteiger partial charge in [-0.2, -0.15) is 10.4 Å². The summed E-state index contributed by atoms with van der Waals surface area (Å²) in [4.78, 5) is 4.60. The Morgan fingerprint density at radius 3 is 2.57 bits per heavy atom. The lowest BCUT2D eigenvalue weighted by atomic mass is 10.2. The van der Waals surface area contributed by atoms with E-state index in [1.54, 1.807) is 12.1 Å². The molecule has 0 bridgehead atoms. The third kappa shape index (κ3) is 2.08. The highest BCUT2D eigenvalue weighted by molar-refractivity contribution is 6.17. The van der Waals surface area contributed by atoms with Gasteiger partial charge in [-0.15, -0.1) is 11.6 Å². The van der Waals surface area contributed by atoms with Crippen molar-refractivity contribution in [2.75, 3.05) is 0 Å². The molecule has 0 atom stereocenters. The number of aromatic nitrogens is 4. The Bertz CT molecular complexity index is 836. The Balaban J connectivity index is 2.30. The molecule has 0 aliphatic rings. The summed E-state index contributed by atoms with van der Waals surface area (Å²) in [6, 6.07) is 9.51. The lowest BCUT2D eigenvalue weighted by Crippen LogP contribution is -2.06. The van der Waals surface area contributed by atoms with Crippen LogP contribution >= 0.6 is 11.6 Å². The number of aryl methyl sites for hydroxylation is 2. The average molecular weight is 300 g/mol. The molecule has 5 nitrogen and oxygen atoms in total. The summed E-state index contributed by atoms with van der Waals surface area (Å²) in [6.07, 6.45) is 0. The van der Waals surface area contributed by atoms with E-state index < -0.39 is 0 Å². The fraction of sp³-hybridized carbons (Fsp3) is 0.267. The highest BCUT2D eigenvalue weighted by atomic mass is 35.5. The molecule has 1 aromatic carbocycles. The van der Waals surface area contributed by atoms with Crippen molar-refractivity contribution in [1.82, 2.24) is 19.3 Å². The molecule has 0 unspecified atom stereocenters. The molecule has 6 heteroatoms. The van der Waals surface area contributed by atoms with Gasteiger partial charge in [0.05, 0.1) is 23.2 Å². The molecule has 0 aliphatic carbocycles. The molecule has 3 aromatic rings. The molecule has 2 aromatic heterocycles. The highest BCUT2D eigenvalue weighted by Gasteiger charge is 2.18. The molecule has 0 radical (unpaired) electrons. The van der Waals surface area contributed by atoms with Crippen LogP contribution in [0.1, 0.15) is 24.0 Å². The summed E-state index contributed by atoms with van der Waals surface area (Å²) in [7, 11) is 0. The molecule has 0 aliphatic heterocycles. The number of alkyl halides is 1. The molecule has 0 saturated heterocycles. The van der Waals surface area contributed by atoms with Crippen molar-refractivity contribution in [3.63, 3.8) is 0 Å². The van der Waals surface area contributed by atoms with Crippen molar-refractivity contribution >= 4 is 22.8 Å². The minimum atomic E-state index is 0.317. The summed E-state index contributed by atoms with van der Waals surface area (Å²) in [5.74, 6) is 1.09. The summed E-state index contributed by atoms with van der Waals surface area (Å²) in [5, 5.41) is 13.4. The van der Waals surface area contributed by atoms with Gasteiger partial charge in [-0.25, -0.2) is 9.67 Å². The average Bonchev–Trinajstić information content (AvgIpc) is 3.05. The van der Waals surface area contributed by atoms with Crippen LogP contribution in [-0.4, -0.2) is 19.3 Å². The molecular formula is C15H14ClN5. The fourth-order valence-electron chi connectivity index (χ4n) is 2.48.